The SMILES string of the molecule is Cc1ccc2c(C)cc(=O)n(CCN3CCC(NCc4ccc5c(c4)OCCO5)CC3)c2c1. The average Bonchev–Trinajstić information content (AvgIpc) is 2.83. The van der Waals surface area contributed by atoms with E-state index in [4.69, 9.17) is 9.47 Å². The lowest BCUT2D eigenvalue weighted by atomic mass is 10.0. The summed E-state index contributed by atoms with van der Waals surface area (Å²) in [5.74, 6) is 1.69. The number of nitrogens with zero attached hydrogens (tertiary/aromatic N) is 2. The Bertz CT molecular complexity index is 1200. The fraction of sp³-hybridized carbons (Fsp3) is 0.444. The molecule has 1 N–H and O–H groups in total. The van der Waals surface area contributed by atoms with Crippen LogP contribution >= 0.6 is 0 Å². The summed E-state index contributed by atoms with van der Waals surface area (Å²) in [4.78, 5) is 15.2. The van der Waals surface area contributed by atoms with E-state index in [1.165, 1.54) is 16.5 Å². The van der Waals surface area contributed by atoms with Gasteiger partial charge in [0.1, 0.15) is 13.2 Å². The molecule has 2 aliphatic heterocycles. The van der Waals surface area contributed by atoms with Gasteiger partial charge in [-0.15, -0.1) is 0 Å². The lowest BCUT2D eigenvalue weighted by Gasteiger charge is -2.32. The molecule has 0 amide bonds. The molecule has 0 aliphatic carbocycles. The Morgan fingerprint density at radius 2 is 1.73 bits per heavy atom. The third-order valence-electron chi connectivity index (χ3n) is 6.90. The summed E-state index contributed by atoms with van der Waals surface area (Å²) >= 11 is 0. The molecular weight excluding hydrogens is 414 g/mol. The molecule has 0 radical (unpaired) electrons. The predicted octanol–water partition coefficient (Wildman–Crippen LogP) is 3.64. The molecule has 6 heteroatoms. The van der Waals surface area contributed by atoms with Crippen LogP contribution < -0.4 is 20.3 Å². The minimum atomic E-state index is 0.0987. The normalized spacial score (nSPS) is 16.9. The number of hydrogen-bond donors (Lipinski definition) is 1. The van der Waals surface area contributed by atoms with Crippen molar-refractivity contribution in [2.75, 3.05) is 32.8 Å². The maximum absolute atomic E-state index is 12.7. The number of aryl methyl sites for hydroxylation is 2. The second-order valence-electron chi connectivity index (χ2n) is 9.31. The molecule has 6 nitrogen and oxygen atoms in total. The Balaban J connectivity index is 1.14. The van der Waals surface area contributed by atoms with E-state index in [0.29, 0.717) is 19.3 Å². The number of benzene rings is 2. The predicted molar refractivity (Wildman–Crippen MR) is 131 cm³/mol. The lowest BCUT2D eigenvalue weighted by Crippen LogP contribution is -2.43. The molecule has 3 heterocycles. The molecule has 0 atom stereocenters. The fourth-order valence-electron chi connectivity index (χ4n) is 4.95. The van der Waals surface area contributed by atoms with Crippen LogP contribution in [-0.2, 0) is 13.1 Å². The molecule has 2 aliphatic rings. The van der Waals surface area contributed by atoms with Crippen LogP contribution in [0.1, 0.15) is 29.5 Å². The van der Waals surface area contributed by atoms with Gasteiger partial charge in [0.25, 0.3) is 5.56 Å². The maximum atomic E-state index is 12.7. The van der Waals surface area contributed by atoms with Gasteiger partial charge in [0.05, 0.1) is 5.52 Å². The molecule has 2 aromatic carbocycles. The van der Waals surface area contributed by atoms with Gasteiger partial charge >= 0.3 is 0 Å². The molecule has 0 bridgehead atoms. The van der Waals surface area contributed by atoms with Crippen molar-refractivity contribution in [1.29, 1.82) is 0 Å². The van der Waals surface area contributed by atoms with Crippen LogP contribution in [0.15, 0.2) is 47.3 Å². The second kappa shape index (κ2) is 9.57. The van der Waals surface area contributed by atoms with Crippen molar-refractivity contribution in [3.63, 3.8) is 0 Å². The van der Waals surface area contributed by atoms with E-state index in [2.05, 4.69) is 47.5 Å². The molecule has 1 saturated heterocycles. The largest absolute Gasteiger partial charge is 0.486 e. The Morgan fingerprint density at radius 1 is 0.939 bits per heavy atom. The molecule has 0 unspecified atom stereocenters. The van der Waals surface area contributed by atoms with Crippen molar-refractivity contribution < 1.29 is 9.47 Å². The van der Waals surface area contributed by atoms with Crippen LogP contribution in [0.3, 0.4) is 0 Å². The summed E-state index contributed by atoms with van der Waals surface area (Å²) in [6.07, 6.45) is 2.24. The van der Waals surface area contributed by atoms with Gasteiger partial charge in [0.15, 0.2) is 11.5 Å². The van der Waals surface area contributed by atoms with E-state index in [-0.39, 0.29) is 5.56 Å². The highest BCUT2D eigenvalue weighted by atomic mass is 16.6. The smallest absolute Gasteiger partial charge is 0.251 e. The number of hydrogen-bond acceptors (Lipinski definition) is 5. The Hall–Kier alpha value is -2.83. The monoisotopic (exact) mass is 447 g/mol. The van der Waals surface area contributed by atoms with Gasteiger partial charge in [0, 0.05) is 37.1 Å². The van der Waals surface area contributed by atoms with Crippen LogP contribution in [0.2, 0.25) is 0 Å². The molecule has 174 valence electrons. The minimum Gasteiger partial charge on any atom is -0.486 e. The van der Waals surface area contributed by atoms with Gasteiger partial charge in [-0.05, 0) is 74.7 Å². The zero-order valence-corrected chi connectivity index (χ0v) is 19.6. The number of ether oxygens (including phenoxy) is 2. The van der Waals surface area contributed by atoms with E-state index in [1.807, 2.05) is 17.6 Å². The van der Waals surface area contributed by atoms with Crippen molar-refractivity contribution in [2.24, 2.45) is 0 Å². The third kappa shape index (κ3) is 4.92. The number of aromatic nitrogens is 1. The summed E-state index contributed by atoms with van der Waals surface area (Å²) in [5.41, 5.74) is 4.61. The number of nitrogens with one attached hydrogen (secondary N) is 1. The highest BCUT2D eigenvalue weighted by Crippen LogP contribution is 2.30. The quantitative estimate of drug-likeness (QED) is 0.625. The topological polar surface area (TPSA) is 55.7 Å². The number of piperidine rings is 1. The highest BCUT2D eigenvalue weighted by molar-refractivity contribution is 5.83. The minimum absolute atomic E-state index is 0.0987. The molecular formula is C27H33N3O3. The van der Waals surface area contributed by atoms with E-state index in [1.54, 1.807) is 6.07 Å². The molecule has 1 fully saturated rings. The molecule has 1 aromatic heterocycles. The van der Waals surface area contributed by atoms with Crippen LogP contribution in [0.4, 0.5) is 0 Å². The van der Waals surface area contributed by atoms with E-state index < -0.39 is 0 Å². The number of fused-ring (bicyclic) bond motifs is 2. The highest BCUT2D eigenvalue weighted by Gasteiger charge is 2.19. The Morgan fingerprint density at radius 3 is 2.55 bits per heavy atom. The first-order valence-corrected chi connectivity index (χ1v) is 12.0. The molecule has 5 rings (SSSR count). The standard InChI is InChI=1S/C27H33N3O3/c1-19-3-5-23-20(2)16-27(31)30(24(23)15-19)12-11-29-9-7-22(8-10-29)28-18-21-4-6-25-26(17-21)33-14-13-32-25/h3-6,15-17,22,28H,7-14,18H2,1-2H3. The van der Waals surface area contributed by atoms with Crippen molar-refractivity contribution in [3.8, 4) is 11.5 Å². The van der Waals surface area contributed by atoms with Crippen LogP contribution in [0.5, 0.6) is 11.5 Å². The lowest BCUT2D eigenvalue weighted by molar-refractivity contribution is 0.171. The van der Waals surface area contributed by atoms with E-state index in [9.17, 15) is 4.79 Å². The zero-order valence-electron chi connectivity index (χ0n) is 19.6. The first-order valence-electron chi connectivity index (χ1n) is 12.0. The van der Waals surface area contributed by atoms with Crippen LogP contribution in [0.25, 0.3) is 10.9 Å². The summed E-state index contributed by atoms with van der Waals surface area (Å²) < 4.78 is 13.3. The number of likely N-dealkylation sites (tertiary alicyclic amines) is 1. The first-order chi connectivity index (χ1) is 16.1. The summed E-state index contributed by atoms with van der Waals surface area (Å²) in [6, 6.07) is 14.9. The van der Waals surface area contributed by atoms with Crippen LogP contribution in [0, 0.1) is 13.8 Å². The number of rotatable bonds is 6. The Kier molecular flexibility index (Phi) is 6.38. The number of pyridine rings is 1. The van der Waals surface area contributed by atoms with Gasteiger partial charge in [-0.3, -0.25) is 4.79 Å². The Labute approximate surface area is 195 Å². The van der Waals surface area contributed by atoms with Crippen molar-refractivity contribution in [3.05, 3.63) is 69.5 Å². The van der Waals surface area contributed by atoms with E-state index >= 15 is 0 Å². The summed E-state index contributed by atoms with van der Waals surface area (Å²) in [7, 11) is 0. The maximum Gasteiger partial charge on any atom is 0.251 e. The molecule has 0 saturated carbocycles. The van der Waals surface area contributed by atoms with Gasteiger partial charge in [-0.25, -0.2) is 0 Å². The summed E-state index contributed by atoms with van der Waals surface area (Å²) in [5, 5.41) is 4.88. The van der Waals surface area contributed by atoms with Crippen molar-refractivity contribution in [2.45, 2.75) is 45.8 Å². The van der Waals surface area contributed by atoms with Gasteiger partial charge in [-0.1, -0.05) is 18.2 Å². The van der Waals surface area contributed by atoms with Crippen molar-refractivity contribution in [1.82, 2.24) is 14.8 Å². The van der Waals surface area contributed by atoms with Crippen molar-refractivity contribution >= 4 is 10.9 Å². The van der Waals surface area contributed by atoms with Crippen LogP contribution in [-0.4, -0.2) is 48.4 Å². The first kappa shape index (κ1) is 22.0. The molecule has 3 aromatic rings. The van der Waals surface area contributed by atoms with Gasteiger partial charge < -0.3 is 24.3 Å². The zero-order chi connectivity index (χ0) is 22.8. The average molecular weight is 448 g/mol. The fourth-order valence-corrected chi connectivity index (χ4v) is 4.95. The second-order valence-corrected chi connectivity index (χ2v) is 9.31. The van der Waals surface area contributed by atoms with Gasteiger partial charge in [-0.2, -0.15) is 0 Å². The van der Waals surface area contributed by atoms with Gasteiger partial charge in [0.2, 0.25) is 0 Å². The molecule has 0 spiro atoms. The molecule has 33 heavy (non-hydrogen) atoms. The summed E-state index contributed by atoms with van der Waals surface area (Å²) in [6.45, 7) is 9.92. The van der Waals surface area contributed by atoms with E-state index in [0.717, 1.165) is 68.1 Å². The third-order valence-corrected chi connectivity index (χ3v) is 6.90.